The number of carbonyl (C=O) groups excluding carboxylic acids is 2. The van der Waals surface area contributed by atoms with Gasteiger partial charge in [0.1, 0.15) is 5.75 Å². The Bertz CT molecular complexity index is 690. The van der Waals surface area contributed by atoms with Crippen molar-refractivity contribution in [3.05, 3.63) is 58.6 Å². The normalized spacial score (nSPS) is 10.2. The van der Waals surface area contributed by atoms with Crippen molar-refractivity contribution < 1.29 is 14.3 Å². The highest BCUT2D eigenvalue weighted by Crippen LogP contribution is 2.16. The van der Waals surface area contributed by atoms with Gasteiger partial charge in [-0.1, -0.05) is 15.9 Å². The lowest BCUT2D eigenvalue weighted by Gasteiger charge is -2.07. The molecule has 3 N–H and O–H groups in total. The maximum Gasteiger partial charge on any atom is 0.248 e. The summed E-state index contributed by atoms with van der Waals surface area (Å²) in [7, 11) is 0. The van der Waals surface area contributed by atoms with Crippen LogP contribution in [0.15, 0.2) is 53.0 Å². The van der Waals surface area contributed by atoms with Crippen LogP contribution in [0.5, 0.6) is 5.75 Å². The maximum absolute atomic E-state index is 11.8. The predicted molar refractivity (Wildman–Crippen MR) is 101 cm³/mol. The number of nitrogens with one attached hydrogen (secondary N) is 1. The molecular formula is C17H17BrN2O3S. The third kappa shape index (κ3) is 6.25. The van der Waals surface area contributed by atoms with E-state index < -0.39 is 5.91 Å². The van der Waals surface area contributed by atoms with Crippen LogP contribution in [0, 0.1) is 0 Å². The van der Waals surface area contributed by atoms with Crippen LogP contribution in [-0.2, 0) is 4.79 Å². The molecule has 0 heterocycles. The Morgan fingerprint density at radius 1 is 1.08 bits per heavy atom. The van der Waals surface area contributed by atoms with E-state index >= 15 is 0 Å². The Labute approximate surface area is 153 Å². The molecule has 2 amide bonds. The Balaban J connectivity index is 1.64. The number of halogens is 1. The number of rotatable bonds is 8. The second-order valence-corrected chi connectivity index (χ2v) is 6.87. The van der Waals surface area contributed by atoms with Gasteiger partial charge in [0, 0.05) is 21.5 Å². The summed E-state index contributed by atoms with van der Waals surface area (Å²) in [5.41, 5.74) is 6.21. The summed E-state index contributed by atoms with van der Waals surface area (Å²) >= 11 is 4.86. The number of thioether (sulfide) groups is 1. The molecular weight excluding hydrogens is 392 g/mol. The molecule has 2 rings (SSSR count). The predicted octanol–water partition coefficient (Wildman–Crippen LogP) is 3.30. The summed E-state index contributed by atoms with van der Waals surface area (Å²) in [4.78, 5) is 22.8. The van der Waals surface area contributed by atoms with E-state index in [4.69, 9.17) is 10.5 Å². The first kappa shape index (κ1) is 18.4. The first-order valence-electron chi connectivity index (χ1n) is 7.20. The Morgan fingerprint density at radius 2 is 1.75 bits per heavy atom. The third-order valence-electron chi connectivity index (χ3n) is 3.00. The molecule has 7 heteroatoms. The van der Waals surface area contributed by atoms with Crippen molar-refractivity contribution in [2.24, 2.45) is 5.73 Å². The second kappa shape index (κ2) is 9.34. The standard InChI is InChI=1S/C17H17BrN2O3S/c18-13-3-7-15(8-4-13)23-9-10-24-11-16(21)20-14-5-1-12(2-6-14)17(19)22/h1-8H,9-11H2,(H2,19,22)(H,20,21). The van der Waals surface area contributed by atoms with E-state index in [2.05, 4.69) is 21.2 Å². The number of ether oxygens (including phenoxy) is 1. The third-order valence-corrected chi connectivity index (χ3v) is 4.45. The quantitative estimate of drug-likeness (QED) is 0.656. The lowest BCUT2D eigenvalue weighted by atomic mass is 10.2. The molecule has 0 aromatic heterocycles. The lowest BCUT2D eigenvalue weighted by molar-refractivity contribution is -0.113. The molecule has 0 spiro atoms. The molecule has 5 nitrogen and oxygen atoms in total. The zero-order valence-electron chi connectivity index (χ0n) is 12.8. The van der Waals surface area contributed by atoms with Gasteiger partial charge in [-0.05, 0) is 48.5 Å². The van der Waals surface area contributed by atoms with E-state index in [9.17, 15) is 9.59 Å². The smallest absolute Gasteiger partial charge is 0.248 e. The van der Waals surface area contributed by atoms with Crippen molar-refractivity contribution >= 4 is 45.2 Å². The minimum absolute atomic E-state index is 0.101. The van der Waals surface area contributed by atoms with Crippen LogP contribution in [0.1, 0.15) is 10.4 Å². The van der Waals surface area contributed by atoms with Crippen molar-refractivity contribution in [2.75, 3.05) is 23.4 Å². The monoisotopic (exact) mass is 408 g/mol. The molecule has 126 valence electrons. The van der Waals surface area contributed by atoms with E-state index in [1.54, 1.807) is 24.3 Å². The van der Waals surface area contributed by atoms with Gasteiger partial charge in [0.25, 0.3) is 0 Å². The largest absolute Gasteiger partial charge is 0.493 e. The number of carbonyl (C=O) groups is 2. The fourth-order valence-electron chi connectivity index (χ4n) is 1.83. The molecule has 0 radical (unpaired) electrons. The second-order valence-electron chi connectivity index (χ2n) is 4.84. The van der Waals surface area contributed by atoms with Gasteiger partial charge in [-0.25, -0.2) is 0 Å². The summed E-state index contributed by atoms with van der Waals surface area (Å²) in [6.45, 7) is 0.535. The maximum atomic E-state index is 11.8. The summed E-state index contributed by atoms with van der Waals surface area (Å²) in [5, 5.41) is 2.76. The lowest BCUT2D eigenvalue weighted by Crippen LogP contribution is -2.15. The van der Waals surface area contributed by atoms with Crippen molar-refractivity contribution in [3.63, 3.8) is 0 Å². The molecule has 0 bridgehead atoms. The first-order valence-corrected chi connectivity index (χ1v) is 9.15. The Morgan fingerprint density at radius 3 is 2.38 bits per heavy atom. The van der Waals surface area contributed by atoms with Crippen LogP contribution < -0.4 is 15.8 Å². The van der Waals surface area contributed by atoms with Crippen molar-refractivity contribution in [2.45, 2.75) is 0 Å². The number of primary amides is 1. The number of anilines is 1. The SMILES string of the molecule is NC(=O)c1ccc(NC(=O)CSCCOc2ccc(Br)cc2)cc1. The van der Waals surface area contributed by atoms with Crippen LogP contribution in [0.3, 0.4) is 0 Å². The molecule has 24 heavy (non-hydrogen) atoms. The van der Waals surface area contributed by atoms with Gasteiger partial charge < -0.3 is 15.8 Å². The van der Waals surface area contributed by atoms with Crippen molar-refractivity contribution in [1.29, 1.82) is 0 Å². The van der Waals surface area contributed by atoms with Crippen molar-refractivity contribution in [1.82, 2.24) is 0 Å². The van der Waals surface area contributed by atoms with E-state index in [0.29, 0.717) is 29.4 Å². The zero-order valence-corrected chi connectivity index (χ0v) is 15.2. The molecule has 0 aliphatic heterocycles. The van der Waals surface area contributed by atoms with E-state index in [-0.39, 0.29) is 5.91 Å². The fourth-order valence-corrected chi connectivity index (χ4v) is 2.70. The number of nitrogens with two attached hydrogens (primary N) is 1. The first-order chi connectivity index (χ1) is 11.5. The minimum Gasteiger partial charge on any atom is -0.493 e. The van der Waals surface area contributed by atoms with Crippen LogP contribution in [0.25, 0.3) is 0 Å². The summed E-state index contributed by atoms with van der Waals surface area (Å²) in [5.74, 6) is 1.26. The summed E-state index contributed by atoms with van der Waals surface area (Å²) < 4.78 is 6.58. The van der Waals surface area contributed by atoms with Crippen molar-refractivity contribution in [3.8, 4) is 5.75 Å². The van der Waals surface area contributed by atoms with Crippen LogP contribution in [0.2, 0.25) is 0 Å². The van der Waals surface area contributed by atoms with E-state index in [0.717, 1.165) is 10.2 Å². The highest BCUT2D eigenvalue weighted by Gasteiger charge is 2.04. The number of hydrogen-bond acceptors (Lipinski definition) is 4. The summed E-state index contributed by atoms with van der Waals surface area (Å²) in [6, 6.07) is 14.1. The van der Waals surface area contributed by atoms with E-state index in [1.165, 1.54) is 11.8 Å². The van der Waals surface area contributed by atoms with Gasteiger partial charge in [-0.15, -0.1) is 11.8 Å². The van der Waals surface area contributed by atoms with Gasteiger partial charge in [-0.3, -0.25) is 9.59 Å². The highest BCUT2D eigenvalue weighted by molar-refractivity contribution is 9.10. The molecule has 2 aromatic rings. The highest BCUT2D eigenvalue weighted by atomic mass is 79.9. The molecule has 0 saturated heterocycles. The van der Waals surface area contributed by atoms with Gasteiger partial charge in [0.05, 0.1) is 12.4 Å². The molecule has 0 saturated carbocycles. The number of benzene rings is 2. The van der Waals surface area contributed by atoms with Crippen LogP contribution >= 0.6 is 27.7 Å². The molecule has 0 atom stereocenters. The fraction of sp³-hybridized carbons (Fsp3) is 0.176. The Hall–Kier alpha value is -1.99. The van der Waals surface area contributed by atoms with Crippen LogP contribution in [-0.4, -0.2) is 29.9 Å². The van der Waals surface area contributed by atoms with Crippen LogP contribution in [0.4, 0.5) is 5.69 Å². The Kier molecular flexibility index (Phi) is 7.14. The van der Waals surface area contributed by atoms with Gasteiger partial charge >= 0.3 is 0 Å². The van der Waals surface area contributed by atoms with Gasteiger partial charge in [0.2, 0.25) is 11.8 Å². The molecule has 0 fully saturated rings. The van der Waals surface area contributed by atoms with E-state index in [1.807, 2.05) is 24.3 Å². The molecule has 0 aliphatic rings. The number of hydrogen-bond donors (Lipinski definition) is 2. The number of amides is 2. The summed E-state index contributed by atoms with van der Waals surface area (Å²) in [6.07, 6.45) is 0. The van der Waals surface area contributed by atoms with Gasteiger partial charge in [-0.2, -0.15) is 0 Å². The topological polar surface area (TPSA) is 81.4 Å². The average molecular weight is 409 g/mol. The molecule has 2 aromatic carbocycles. The average Bonchev–Trinajstić information content (AvgIpc) is 2.56. The minimum atomic E-state index is -0.491. The zero-order chi connectivity index (χ0) is 17.4. The molecule has 0 unspecified atom stereocenters. The van der Waals surface area contributed by atoms with Gasteiger partial charge in [0.15, 0.2) is 0 Å². The molecule has 0 aliphatic carbocycles.